The molecule has 0 radical (unpaired) electrons. The second-order valence-electron chi connectivity index (χ2n) is 6.37. The Balaban J connectivity index is 0.00000243. The number of halogens is 2. The fourth-order valence-corrected chi connectivity index (χ4v) is 3.09. The molecule has 1 atom stereocenters. The third-order valence-electron chi connectivity index (χ3n) is 4.60. The standard InChI is InChI=1S/C18H23FN4O2.HI/c1-11-14-8-12(19)4-6-15(14)25-16(11)9-21-18(20-2)22-13-5-7-17(24)23(3)10-13;/h4,6,8,13H,5,7,9-10H2,1-3H3,(H2,20,21,22);1H. The van der Waals surface area contributed by atoms with Crippen molar-refractivity contribution in [2.75, 3.05) is 20.6 Å². The number of hydrogen-bond donors (Lipinski definition) is 2. The highest BCUT2D eigenvalue weighted by molar-refractivity contribution is 14.0. The van der Waals surface area contributed by atoms with Gasteiger partial charge in [-0.2, -0.15) is 0 Å². The van der Waals surface area contributed by atoms with Gasteiger partial charge >= 0.3 is 0 Å². The molecule has 1 unspecified atom stereocenters. The maximum atomic E-state index is 13.4. The van der Waals surface area contributed by atoms with Crippen molar-refractivity contribution in [2.45, 2.75) is 32.4 Å². The number of likely N-dealkylation sites (N-methyl/N-ethyl adjacent to an activating group) is 1. The van der Waals surface area contributed by atoms with E-state index in [1.54, 1.807) is 18.0 Å². The number of hydrogen-bond acceptors (Lipinski definition) is 3. The number of rotatable bonds is 3. The van der Waals surface area contributed by atoms with Crippen molar-refractivity contribution in [3.63, 3.8) is 0 Å². The minimum absolute atomic E-state index is 0. The van der Waals surface area contributed by atoms with Crippen LogP contribution in [0.25, 0.3) is 11.0 Å². The summed E-state index contributed by atoms with van der Waals surface area (Å²) < 4.78 is 19.2. The van der Waals surface area contributed by atoms with E-state index in [4.69, 9.17) is 4.42 Å². The number of amides is 1. The highest BCUT2D eigenvalue weighted by atomic mass is 127. The first-order valence-electron chi connectivity index (χ1n) is 8.36. The predicted molar refractivity (Wildman–Crippen MR) is 110 cm³/mol. The quantitative estimate of drug-likeness (QED) is 0.408. The largest absolute Gasteiger partial charge is 0.459 e. The average molecular weight is 474 g/mol. The van der Waals surface area contributed by atoms with Gasteiger partial charge in [-0.3, -0.25) is 9.79 Å². The average Bonchev–Trinajstić information content (AvgIpc) is 2.90. The van der Waals surface area contributed by atoms with Crippen molar-refractivity contribution in [3.8, 4) is 0 Å². The summed E-state index contributed by atoms with van der Waals surface area (Å²) in [6.07, 6.45) is 1.33. The minimum Gasteiger partial charge on any atom is -0.459 e. The Morgan fingerprint density at radius 2 is 2.23 bits per heavy atom. The van der Waals surface area contributed by atoms with Crippen LogP contribution in [0.2, 0.25) is 0 Å². The van der Waals surface area contributed by atoms with Gasteiger partial charge in [0.2, 0.25) is 5.91 Å². The van der Waals surface area contributed by atoms with Gasteiger partial charge in [0, 0.05) is 44.1 Å². The number of benzene rings is 1. The van der Waals surface area contributed by atoms with Gasteiger partial charge in [0.15, 0.2) is 5.96 Å². The number of guanidine groups is 1. The molecular weight excluding hydrogens is 450 g/mol. The zero-order valence-electron chi connectivity index (χ0n) is 15.1. The van der Waals surface area contributed by atoms with Crippen molar-refractivity contribution in [1.82, 2.24) is 15.5 Å². The predicted octanol–water partition coefficient (Wildman–Crippen LogP) is 2.78. The Morgan fingerprint density at radius 1 is 1.46 bits per heavy atom. The van der Waals surface area contributed by atoms with Crippen LogP contribution < -0.4 is 10.6 Å². The molecule has 8 heteroatoms. The first-order valence-corrected chi connectivity index (χ1v) is 8.36. The van der Waals surface area contributed by atoms with E-state index in [0.717, 1.165) is 23.1 Å². The van der Waals surface area contributed by atoms with E-state index in [9.17, 15) is 9.18 Å². The van der Waals surface area contributed by atoms with Gasteiger partial charge in [0.05, 0.1) is 6.54 Å². The molecule has 1 aliphatic rings. The molecule has 0 aliphatic carbocycles. The summed E-state index contributed by atoms with van der Waals surface area (Å²) in [6.45, 7) is 3.02. The fraction of sp³-hybridized carbons (Fsp3) is 0.444. The molecule has 0 saturated carbocycles. The lowest BCUT2D eigenvalue weighted by Crippen LogP contribution is -2.51. The smallest absolute Gasteiger partial charge is 0.222 e. The summed E-state index contributed by atoms with van der Waals surface area (Å²) in [7, 11) is 3.51. The van der Waals surface area contributed by atoms with Crippen LogP contribution >= 0.6 is 24.0 Å². The molecule has 0 bridgehead atoms. The van der Waals surface area contributed by atoms with Crippen molar-refractivity contribution >= 4 is 46.8 Å². The second-order valence-corrected chi connectivity index (χ2v) is 6.37. The van der Waals surface area contributed by atoms with Gasteiger partial charge in [0.25, 0.3) is 0 Å². The van der Waals surface area contributed by atoms with Crippen LogP contribution in [0.5, 0.6) is 0 Å². The van der Waals surface area contributed by atoms with E-state index in [-0.39, 0.29) is 41.7 Å². The highest BCUT2D eigenvalue weighted by Crippen LogP contribution is 2.25. The van der Waals surface area contributed by atoms with Gasteiger partial charge in [-0.05, 0) is 31.5 Å². The van der Waals surface area contributed by atoms with Crippen LogP contribution in [0, 0.1) is 12.7 Å². The number of aliphatic imine (C=N–C) groups is 1. The molecule has 6 nitrogen and oxygen atoms in total. The number of nitrogens with one attached hydrogen (secondary N) is 2. The van der Waals surface area contributed by atoms with Gasteiger partial charge < -0.3 is 20.0 Å². The maximum absolute atomic E-state index is 13.4. The molecule has 2 N–H and O–H groups in total. The monoisotopic (exact) mass is 474 g/mol. The van der Waals surface area contributed by atoms with Crippen molar-refractivity contribution < 1.29 is 13.6 Å². The Bertz CT molecular complexity index is 821. The molecule has 1 aliphatic heterocycles. The van der Waals surface area contributed by atoms with Crippen LogP contribution in [0.15, 0.2) is 27.6 Å². The number of carbonyl (C=O) groups is 1. The van der Waals surface area contributed by atoms with Crippen LogP contribution in [-0.2, 0) is 11.3 Å². The number of furan rings is 1. The molecule has 2 aromatic rings. The third-order valence-corrected chi connectivity index (χ3v) is 4.60. The maximum Gasteiger partial charge on any atom is 0.222 e. The summed E-state index contributed by atoms with van der Waals surface area (Å²) in [5.74, 6) is 1.30. The molecule has 1 aromatic carbocycles. The third kappa shape index (κ3) is 4.46. The number of piperidine rings is 1. The highest BCUT2D eigenvalue weighted by Gasteiger charge is 2.23. The molecule has 3 rings (SSSR count). The van der Waals surface area contributed by atoms with Crippen molar-refractivity contribution in [3.05, 3.63) is 35.3 Å². The second kappa shape index (κ2) is 8.70. The lowest BCUT2D eigenvalue weighted by molar-refractivity contribution is -0.132. The Morgan fingerprint density at radius 3 is 2.92 bits per heavy atom. The zero-order valence-corrected chi connectivity index (χ0v) is 17.5. The van der Waals surface area contributed by atoms with Gasteiger partial charge in [-0.15, -0.1) is 24.0 Å². The number of nitrogens with zero attached hydrogens (tertiary/aromatic N) is 2. The van der Waals surface area contributed by atoms with Crippen LogP contribution in [-0.4, -0.2) is 43.4 Å². The van der Waals surface area contributed by atoms with Gasteiger partial charge in [-0.25, -0.2) is 4.39 Å². The van der Waals surface area contributed by atoms with Crippen LogP contribution in [0.4, 0.5) is 4.39 Å². The summed E-state index contributed by atoms with van der Waals surface area (Å²) in [5, 5.41) is 7.34. The van der Waals surface area contributed by atoms with E-state index in [0.29, 0.717) is 31.1 Å². The minimum atomic E-state index is -0.274. The first-order chi connectivity index (χ1) is 12.0. The normalized spacial score (nSPS) is 18.0. The summed E-state index contributed by atoms with van der Waals surface area (Å²) >= 11 is 0. The van der Waals surface area contributed by atoms with Crippen molar-refractivity contribution in [2.24, 2.45) is 4.99 Å². The Labute approximate surface area is 169 Å². The van der Waals surface area contributed by atoms with E-state index < -0.39 is 0 Å². The molecule has 1 saturated heterocycles. The molecule has 0 spiro atoms. The molecule has 2 heterocycles. The van der Waals surface area contributed by atoms with Crippen LogP contribution in [0.3, 0.4) is 0 Å². The Hall–Kier alpha value is -1.84. The summed E-state index contributed by atoms with van der Waals surface area (Å²) in [6, 6.07) is 4.69. The Kier molecular flexibility index (Phi) is 6.85. The van der Waals surface area contributed by atoms with Gasteiger partial charge in [0.1, 0.15) is 17.2 Å². The molecule has 142 valence electrons. The fourth-order valence-electron chi connectivity index (χ4n) is 3.09. The SMILES string of the molecule is CN=C(NCc1oc2ccc(F)cc2c1C)NC1CCC(=O)N(C)C1.I. The zero-order chi connectivity index (χ0) is 18.0. The molecule has 1 aromatic heterocycles. The van der Waals surface area contributed by atoms with E-state index >= 15 is 0 Å². The molecule has 1 fully saturated rings. The van der Waals surface area contributed by atoms with Crippen LogP contribution in [0.1, 0.15) is 24.2 Å². The number of carbonyl (C=O) groups excluding carboxylic acids is 1. The lowest BCUT2D eigenvalue weighted by atomic mass is 10.1. The number of aryl methyl sites for hydroxylation is 1. The van der Waals surface area contributed by atoms with E-state index in [1.165, 1.54) is 12.1 Å². The van der Waals surface area contributed by atoms with Crippen molar-refractivity contribution in [1.29, 1.82) is 0 Å². The number of fused-ring (bicyclic) bond motifs is 1. The molecule has 1 amide bonds. The van der Waals surface area contributed by atoms with E-state index in [1.807, 2.05) is 14.0 Å². The number of likely N-dealkylation sites (tertiary alicyclic amines) is 1. The topological polar surface area (TPSA) is 69.9 Å². The van der Waals surface area contributed by atoms with E-state index in [2.05, 4.69) is 15.6 Å². The molecular formula is C18H24FIN4O2. The first kappa shape index (κ1) is 20.5. The summed E-state index contributed by atoms with van der Waals surface area (Å²) in [5.41, 5.74) is 1.59. The lowest BCUT2D eigenvalue weighted by Gasteiger charge is -2.31. The summed E-state index contributed by atoms with van der Waals surface area (Å²) in [4.78, 5) is 17.5. The van der Waals surface area contributed by atoms with Gasteiger partial charge in [-0.1, -0.05) is 0 Å². The molecule has 26 heavy (non-hydrogen) atoms.